The second-order valence-electron chi connectivity index (χ2n) is 5.58. The third-order valence-corrected chi connectivity index (χ3v) is 3.26. The van der Waals surface area contributed by atoms with Gasteiger partial charge in [-0.25, -0.2) is 4.39 Å². The average molecular weight is 306 g/mol. The van der Waals surface area contributed by atoms with Crippen LogP contribution in [0.1, 0.15) is 19.5 Å². The molecule has 0 fully saturated rings. The summed E-state index contributed by atoms with van der Waals surface area (Å²) in [6.45, 7) is 5.76. The van der Waals surface area contributed by atoms with Crippen LogP contribution in [0.5, 0.6) is 5.75 Å². The smallest absolute Gasteiger partial charge is 0.165 e. The second-order valence-corrected chi connectivity index (χ2v) is 5.58. The Labute approximate surface area is 130 Å². The monoisotopic (exact) mass is 306 g/mol. The first-order valence-corrected chi connectivity index (χ1v) is 7.39. The Morgan fingerprint density at radius 2 is 2.18 bits per heavy atom. The second kappa shape index (κ2) is 7.38. The molecule has 3 N–H and O–H groups in total. The van der Waals surface area contributed by atoms with Gasteiger partial charge in [0.05, 0.1) is 11.8 Å². The lowest BCUT2D eigenvalue weighted by Crippen LogP contribution is -2.25. The van der Waals surface area contributed by atoms with Gasteiger partial charge in [-0.05, 0) is 38.6 Å². The molecule has 0 bridgehead atoms. The standard InChI is InChI=1S/C16H23FN4O/c1-11(2)22-16-5-4-12(8-14(16)17)13-9-19-20-15(13)10-21(3)7-6-18/h4-5,8-9,11H,6-7,10,18H2,1-3H3,(H,19,20). The molecule has 0 aliphatic rings. The number of hydrogen-bond donors (Lipinski definition) is 2. The van der Waals surface area contributed by atoms with Crippen LogP contribution >= 0.6 is 0 Å². The van der Waals surface area contributed by atoms with E-state index in [1.54, 1.807) is 12.3 Å². The van der Waals surface area contributed by atoms with Crippen molar-refractivity contribution in [3.8, 4) is 16.9 Å². The van der Waals surface area contributed by atoms with Crippen molar-refractivity contribution in [3.63, 3.8) is 0 Å². The highest BCUT2D eigenvalue weighted by molar-refractivity contribution is 5.66. The molecule has 0 atom stereocenters. The quantitative estimate of drug-likeness (QED) is 0.824. The lowest BCUT2D eigenvalue weighted by molar-refractivity contribution is 0.231. The molecule has 1 heterocycles. The van der Waals surface area contributed by atoms with Gasteiger partial charge in [0, 0.05) is 31.4 Å². The molecule has 0 unspecified atom stereocenters. The van der Waals surface area contributed by atoms with Crippen molar-refractivity contribution >= 4 is 0 Å². The van der Waals surface area contributed by atoms with Crippen LogP contribution in [0.25, 0.3) is 11.1 Å². The molecule has 0 amide bonds. The van der Waals surface area contributed by atoms with Gasteiger partial charge >= 0.3 is 0 Å². The fraction of sp³-hybridized carbons (Fsp3) is 0.438. The van der Waals surface area contributed by atoms with Gasteiger partial charge in [-0.15, -0.1) is 0 Å². The molecule has 0 aliphatic carbocycles. The summed E-state index contributed by atoms with van der Waals surface area (Å²) in [7, 11) is 1.98. The number of H-pyrrole nitrogens is 1. The summed E-state index contributed by atoms with van der Waals surface area (Å²) < 4.78 is 19.6. The third-order valence-electron chi connectivity index (χ3n) is 3.26. The molecule has 22 heavy (non-hydrogen) atoms. The molecule has 1 aromatic carbocycles. The predicted octanol–water partition coefficient (Wildman–Crippen LogP) is 2.39. The first-order chi connectivity index (χ1) is 10.5. The maximum Gasteiger partial charge on any atom is 0.165 e. The number of nitrogens with zero attached hydrogens (tertiary/aromatic N) is 2. The zero-order valence-electron chi connectivity index (χ0n) is 13.3. The summed E-state index contributed by atoms with van der Waals surface area (Å²) in [5.74, 6) is -0.0993. The van der Waals surface area contributed by atoms with E-state index in [1.807, 2.05) is 27.0 Å². The van der Waals surface area contributed by atoms with Crippen molar-refractivity contribution in [3.05, 3.63) is 35.9 Å². The zero-order valence-corrected chi connectivity index (χ0v) is 13.3. The van der Waals surface area contributed by atoms with Gasteiger partial charge in [0.2, 0.25) is 0 Å². The molecular weight excluding hydrogens is 283 g/mol. The van der Waals surface area contributed by atoms with Gasteiger partial charge in [-0.1, -0.05) is 6.07 Å². The fourth-order valence-electron chi connectivity index (χ4n) is 2.26. The lowest BCUT2D eigenvalue weighted by atomic mass is 10.1. The maximum absolute atomic E-state index is 14.1. The van der Waals surface area contributed by atoms with Crippen molar-refractivity contribution in [2.45, 2.75) is 26.5 Å². The number of aromatic amines is 1. The van der Waals surface area contributed by atoms with E-state index < -0.39 is 0 Å². The molecule has 0 radical (unpaired) electrons. The summed E-state index contributed by atoms with van der Waals surface area (Å²) >= 11 is 0. The van der Waals surface area contributed by atoms with E-state index in [2.05, 4.69) is 15.1 Å². The molecule has 0 saturated carbocycles. The Hall–Kier alpha value is -1.92. The van der Waals surface area contributed by atoms with Crippen LogP contribution in [0.4, 0.5) is 4.39 Å². The Morgan fingerprint density at radius 3 is 2.82 bits per heavy atom. The minimum atomic E-state index is -0.367. The number of ether oxygens (including phenoxy) is 1. The van der Waals surface area contributed by atoms with Gasteiger partial charge in [0.25, 0.3) is 0 Å². The summed E-state index contributed by atoms with van der Waals surface area (Å²) in [5, 5.41) is 7.10. The molecule has 0 aliphatic heterocycles. The van der Waals surface area contributed by atoms with E-state index in [0.717, 1.165) is 23.4 Å². The molecular formula is C16H23FN4O. The van der Waals surface area contributed by atoms with Crippen molar-refractivity contribution in [1.29, 1.82) is 0 Å². The van der Waals surface area contributed by atoms with Crippen LogP contribution in [0, 0.1) is 5.82 Å². The molecule has 0 spiro atoms. The summed E-state index contributed by atoms with van der Waals surface area (Å²) in [6, 6.07) is 4.98. The van der Waals surface area contributed by atoms with Crippen molar-refractivity contribution in [1.82, 2.24) is 15.1 Å². The van der Waals surface area contributed by atoms with Crippen LogP contribution in [-0.2, 0) is 6.54 Å². The fourth-order valence-corrected chi connectivity index (χ4v) is 2.26. The van der Waals surface area contributed by atoms with Gasteiger partial charge in [-0.3, -0.25) is 10.00 Å². The molecule has 120 valence electrons. The Morgan fingerprint density at radius 1 is 1.41 bits per heavy atom. The normalized spacial score (nSPS) is 11.4. The van der Waals surface area contributed by atoms with Crippen LogP contribution in [0.3, 0.4) is 0 Å². The highest BCUT2D eigenvalue weighted by atomic mass is 19.1. The number of hydrogen-bond acceptors (Lipinski definition) is 4. The molecule has 1 aromatic heterocycles. The van der Waals surface area contributed by atoms with Crippen LogP contribution in [0.2, 0.25) is 0 Å². The van der Waals surface area contributed by atoms with E-state index >= 15 is 0 Å². The number of halogens is 1. The third kappa shape index (κ3) is 4.05. The minimum absolute atomic E-state index is 0.0604. The SMILES string of the molecule is CC(C)Oc1ccc(-c2c[nH]nc2CN(C)CCN)cc1F. The van der Waals surface area contributed by atoms with E-state index in [-0.39, 0.29) is 17.7 Å². The van der Waals surface area contributed by atoms with Crippen molar-refractivity contribution < 1.29 is 9.13 Å². The van der Waals surface area contributed by atoms with Gasteiger partial charge in [0.1, 0.15) is 0 Å². The van der Waals surface area contributed by atoms with Gasteiger partial charge < -0.3 is 10.5 Å². The number of aromatic nitrogens is 2. The first kappa shape index (κ1) is 16.5. The van der Waals surface area contributed by atoms with Gasteiger partial charge in [-0.2, -0.15) is 5.10 Å². The summed E-state index contributed by atoms with van der Waals surface area (Å²) in [5.41, 5.74) is 8.08. The van der Waals surface area contributed by atoms with Crippen molar-refractivity contribution in [2.24, 2.45) is 5.73 Å². The number of nitrogens with two attached hydrogens (primary N) is 1. The predicted molar refractivity (Wildman–Crippen MR) is 85.1 cm³/mol. The Bertz CT molecular complexity index is 612. The molecule has 2 rings (SSSR count). The largest absolute Gasteiger partial charge is 0.488 e. The zero-order chi connectivity index (χ0) is 16.1. The van der Waals surface area contributed by atoms with E-state index in [0.29, 0.717) is 13.1 Å². The molecule has 0 saturated heterocycles. The van der Waals surface area contributed by atoms with E-state index in [9.17, 15) is 4.39 Å². The lowest BCUT2D eigenvalue weighted by Gasteiger charge is -2.15. The highest BCUT2D eigenvalue weighted by Crippen LogP contribution is 2.28. The Kier molecular flexibility index (Phi) is 5.51. The van der Waals surface area contributed by atoms with Crippen LogP contribution in [0.15, 0.2) is 24.4 Å². The first-order valence-electron chi connectivity index (χ1n) is 7.39. The van der Waals surface area contributed by atoms with Crippen LogP contribution in [-0.4, -0.2) is 41.3 Å². The average Bonchev–Trinajstić information content (AvgIpc) is 2.89. The summed E-state index contributed by atoms with van der Waals surface area (Å²) in [6.07, 6.45) is 1.72. The number of likely N-dealkylation sites (N-methyl/N-ethyl adjacent to an activating group) is 1. The number of rotatable bonds is 7. The maximum atomic E-state index is 14.1. The minimum Gasteiger partial charge on any atom is -0.488 e. The number of nitrogens with one attached hydrogen (secondary N) is 1. The molecule has 6 heteroatoms. The van der Waals surface area contributed by atoms with Crippen LogP contribution < -0.4 is 10.5 Å². The number of benzene rings is 1. The Balaban J connectivity index is 2.22. The van der Waals surface area contributed by atoms with E-state index in [4.69, 9.17) is 10.5 Å². The topological polar surface area (TPSA) is 67.2 Å². The van der Waals surface area contributed by atoms with Crippen molar-refractivity contribution in [2.75, 3.05) is 20.1 Å². The molecule has 2 aromatic rings. The summed E-state index contributed by atoms with van der Waals surface area (Å²) in [4.78, 5) is 2.08. The van der Waals surface area contributed by atoms with Gasteiger partial charge in [0.15, 0.2) is 11.6 Å². The molecule has 5 nitrogen and oxygen atoms in total. The highest BCUT2D eigenvalue weighted by Gasteiger charge is 2.13. The van der Waals surface area contributed by atoms with E-state index in [1.165, 1.54) is 6.07 Å².